The Hall–Kier alpha value is -2.22. The number of carbonyl (C=O) groups is 3. The van der Waals surface area contributed by atoms with Crippen LogP contribution in [0.3, 0.4) is 0 Å². The minimum Gasteiger partial charge on any atom is -0.276 e. The minimum absolute atomic E-state index is 0.0466. The zero-order valence-corrected chi connectivity index (χ0v) is 10.3. The Morgan fingerprint density at radius 2 is 1.74 bits per heavy atom. The SMILES string of the molecule is O=C1NC(=O)C2(C=CC=C3C2=CCS3(=O)=O)C(=O)N1. The molecule has 0 bridgehead atoms. The average Bonchev–Trinajstić information content (AvgIpc) is 2.63. The number of rotatable bonds is 0. The fourth-order valence-electron chi connectivity index (χ4n) is 2.40. The van der Waals surface area contributed by atoms with Crippen molar-refractivity contribution in [2.75, 3.05) is 5.75 Å². The van der Waals surface area contributed by atoms with E-state index in [2.05, 4.69) is 0 Å². The van der Waals surface area contributed by atoms with Crippen LogP contribution < -0.4 is 10.6 Å². The van der Waals surface area contributed by atoms with Gasteiger partial charge in [0.05, 0.1) is 10.7 Å². The Bertz CT molecular complexity index is 706. The summed E-state index contributed by atoms with van der Waals surface area (Å²) in [6.45, 7) is 0. The van der Waals surface area contributed by atoms with Gasteiger partial charge in [0.25, 0.3) is 11.8 Å². The number of barbiturate groups is 1. The second kappa shape index (κ2) is 3.41. The first kappa shape index (κ1) is 11.8. The zero-order chi connectivity index (χ0) is 13.8. The highest BCUT2D eigenvalue weighted by molar-refractivity contribution is 7.96. The van der Waals surface area contributed by atoms with E-state index < -0.39 is 33.1 Å². The summed E-state index contributed by atoms with van der Waals surface area (Å²) in [5, 5.41) is 3.97. The van der Waals surface area contributed by atoms with Gasteiger partial charge in [-0.1, -0.05) is 18.2 Å². The molecule has 0 aromatic heterocycles. The molecular formula is C11H8N2O5S. The molecule has 3 aliphatic rings. The van der Waals surface area contributed by atoms with Crippen LogP contribution in [0.4, 0.5) is 4.79 Å². The van der Waals surface area contributed by atoms with Crippen LogP contribution in [-0.2, 0) is 19.4 Å². The molecule has 1 fully saturated rings. The molecule has 0 saturated carbocycles. The number of fused-ring (bicyclic) bond motifs is 2. The van der Waals surface area contributed by atoms with E-state index in [1.54, 1.807) is 0 Å². The van der Waals surface area contributed by atoms with Crippen molar-refractivity contribution in [2.24, 2.45) is 5.41 Å². The molecule has 1 spiro atoms. The van der Waals surface area contributed by atoms with Gasteiger partial charge in [-0.3, -0.25) is 20.2 Å². The number of amides is 4. The molecule has 0 unspecified atom stereocenters. The third kappa shape index (κ3) is 1.37. The molecule has 19 heavy (non-hydrogen) atoms. The van der Waals surface area contributed by atoms with E-state index in [9.17, 15) is 22.8 Å². The zero-order valence-electron chi connectivity index (χ0n) is 9.47. The van der Waals surface area contributed by atoms with Crippen molar-refractivity contribution in [3.05, 3.63) is 34.8 Å². The van der Waals surface area contributed by atoms with Gasteiger partial charge in [0.15, 0.2) is 15.3 Å². The number of nitrogens with one attached hydrogen (secondary N) is 2. The highest BCUT2D eigenvalue weighted by atomic mass is 32.2. The van der Waals surface area contributed by atoms with Crippen LogP contribution in [0.15, 0.2) is 34.8 Å². The predicted octanol–water partition coefficient (Wildman–Crippen LogP) is -0.853. The lowest BCUT2D eigenvalue weighted by Crippen LogP contribution is -2.62. The van der Waals surface area contributed by atoms with E-state index in [0.717, 1.165) is 0 Å². The molecule has 3 rings (SSSR count). The third-order valence-electron chi connectivity index (χ3n) is 3.30. The summed E-state index contributed by atoms with van der Waals surface area (Å²) >= 11 is 0. The molecule has 8 heteroatoms. The molecule has 1 aliphatic carbocycles. The van der Waals surface area contributed by atoms with Crippen molar-refractivity contribution in [2.45, 2.75) is 0 Å². The lowest BCUT2D eigenvalue weighted by atomic mass is 9.74. The molecule has 98 valence electrons. The van der Waals surface area contributed by atoms with Crippen LogP contribution in [0.25, 0.3) is 0 Å². The number of imide groups is 2. The first-order valence-corrected chi connectivity index (χ1v) is 7.03. The summed E-state index contributed by atoms with van der Waals surface area (Å²) in [5.41, 5.74) is -1.67. The normalized spacial score (nSPS) is 26.4. The molecule has 7 nitrogen and oxygen atoms in total. The minimum atomic E-state index is -3.51. The fraction of sp³-hybridized carbons (Fsp3) is 0.182. The van der Waals surface area contributed by atoms with Gasteiger partial charge in [0.2, 0.25) is 0 Å². The fourth-order valence-corrected chi connectivity index (χ4v) is 3.83. The number of hydrogen-bond acceptors (Lipinski definition) is 5. The molecule has 0 aromatic rings. The van der Waals surface area contributed by atoms with Gasteiger partial charge in [-0.15, -0.1) is 0 Å². The largest absolute Gasteiger partial charge is 0.328 e. The second-order valence-electron chi connectivity index (χ2n) is 4.33. The second-order valence-corrected chi connectivity index (χ2v) is 6.34. The highest BCUT2D eigenvalue weighted by Gasteiger charge is 2.55. The van der Waals surface area contributed by atoms with Crippen molar-refractivity contribution in [1.82, 2.24) is 10.6 Å². The lowest BCUT2D eigenvalue weighted by molar-refractivity contribution is -0.138. The standard InChI is InChI=1S/C11H8N2O5S/c14-8-11(9(15)13-10(16)12-8)4-1-2-7-6(11)3-5-19(7,17)18/h1-4H,5H2,(H2,12,13,14,15,16). The Kier molecular flexibility index (Phi) is 2.13. The van der Waals surface area contributed by atoms with Crippen molar-refractivity contribution in [1.29, 1.82) is 0 Å². The number of sulfone groups is 1. The van der Waals surface area contributed by atoms with Crippen LogP contribution in [0.1, 0.15) is 0 Å². The van der Waals surface area contributed by atoms with Crippen molar-refractivity contribution in [3.63, 3.8) is 0 Å². The maximum Gasteiger partial charge on any atom is 0.328 e. The molecule has 0 radical (unpaired) electrons. The van der Waals surface area contributed by atoms with Crippen molar-refractivity contribution < 1.29 is 22.8 Å². The molecular weight excluding hydrogens is 272 g/mol. The molecule has 2 aliphatic heterocycles. The van der Waals surface area contributed by atoms with Crippen LogP contribution >= 0.6 is 0 Å². The van der Waals surface area contributed by atoms with Gasteiger partial charge >= 0.3 is 6.03 Å². The number of carbonyl (C=O) groups excluding carboxylic acids is 3. The van der Waals surface area contributed by atoms with Crippen molar-refractivity contribution in [3.8, 4) is 0 Å². The lowest BCUT2D eigenvalue weighted by Gasteiger charge is -2.34. The van der Waals surface area contributed by atoms with E-state index in [4.69, 9.17) is 0 Å². The Balaban J connectivity index is 2.20. The van der Waals surface area contributed by atoms with Gasteiger partial charge in [-0.2, -0.15) is 0 Å². The average molecular weight is 280 g/mol. The van der Waals surface area contributed by atoms with Gasteiger partial charge in [-0.05, 0) is 11.6 Å². The van der Waals surface area contributed by atoms with E-state index in [1.807, 2.05) is 10.6 Å². The number of urea groups is 1. The Morgan fingerprint density at radius 1 is 1.11 bits per heavy atom. The Morgan fingerprint density at radius 3 is 2.37 bits per heavy atom. The van der Waals surface area contributed by atoms with E-state index in [0.29, 0.717) is 0 Å². The van der Waals surface area contributed by atoms with Gasteiger partial charge in [0.1, 0.15) is 0 Å². The quantitative estimate of drug-likeness (QED) is 0.561. The molecule has 2 heterocycles. The maximum atomic E-state index is 12.0. The van der Waals surface area contributed by atoms with Crippen LogP contribution in [-0.4, -0.2) is 32.0 Å². The van der Waals surface area contributed by atoms with Gasteiger partial charge in [0, 0.05) is 0 Å². The van der Waals surface area contributed by atoms with E-state index in [1.165, 1.54) is 24.3 Å². The number of hydrogen-bond donors (Lipinski definition) is 2. The summed E-state index contributed by atoms with van der Waals surface area (Å²) in [6, 6.07) is -0.911. The first-order chi connectivity index (χ1) is 8.88. The smallest absolute Gasteiger partial charge is 0.276 e. The molecule has 0 atom stereocenters. The van der Waals surface area contributed by atoms with Crippen LogP contribution in [0.2, 0.25) is 0 Å². The summed E-state index contributed by atoms with van der Waals surface area (Å²) in [6.07, 6.45) is 5.31. The van der Waals surface area contributed by atoms with Gasteiger partial charge < -0.3 is 0 Å². The monoisotopic (exact) mass is 280 g/mol. The third-order valence-corrected chi connectivity index (χ3v) is 4.93. The number of allylic oxidation sites excluding steroid dienone is 3. The van der Waals surface area contributed by atoms with E-state index >= 15 is 0 Å². The van der Waals surface area contributed by atoms with Crippen LogP contribution in [0, 0.1) is 5.41 Å². The molecule has 1 saturated heterocycles. The highest BCUT2D eigenvalue weighted by Crippen LogP contribution is 2.44. The van der Waals surface area contributed by atoms with Crippen LogP contribution in [0.5, 0.6) is 0 Å². The molecule has 4 amide bonds. The summed E-state index contributed by atoms with van der Waals surface area (Å²) in [4.78, 5) is 35.1. The summed E-state index contributed by atoms with van der Waals surface area (Å²) in [5.74, 6) is -1.94. The Labute approximate surface area is 108 Å². The van der Waals surface area contributed by atoms with E-state index in [-0.39, 0.29) is 16.2 Å². The summed E-state index contributed by atoms with van der Waals surface area (Å²) < 4.78 is 23.6. The predicted molar refractivity (Wildman–Crippen MR) is 63.2 cm³/mol. The summed E-state index contributed by atoms with van der Waals surface area (Å²) in [7, 11) is -3.51. The topological polar surface area (TPSA) is 109 Å². The molecule has 2 N–H and O–H groups in total. The molecule has 0 aromatic carbocycles. The first-order valence-electron chi connectivity index (χ1n) is 5.38. The van der Waals surface area contributed by atoms with Gasteiger partial charge in [-0.25, -0.2) is 13.2 Å². The maximum absolute atomic E-state index is 12.0. The van der Waals surface area contributed by atoms with Crippen molar-refractivity contribution >= 4 is 27.7 Å².